The Kier molecular flexibility index (Phi) is 5.32. The largest absolute Gasteiger partial charge is 0.298 e. The van der Waals surface area contributed by atoms with Crippen LogP contribution in [0.3, 0.4) is 0 Å². The van der Waals surface area contributed by atoms with Crippen LogP contribution in [0.2, 0.25) is 5.02 Å². The first kappa shape index (κ1) is 17.8. The lowest BCUT2D eigenvalue weighted by Crippen LogP contribution is -2.12. The fraction of sp³-hybridized carbons (Fsp3) is 0.0556. The number of benzene rings is 2. The standard InChI is InChI=1S/C18H12BrClN2O2S/c1-10(23)16-15(11-5-3-2-4-6-11)21-18(25-16)22-17(24)13-9-12(19)7-8-14(13)20/h2-9H,1H3,(H,21,22,24). The number of hydrogen-bond donors (Lipinski definition) is 1. The molecule has 4 nitrogen and oxygen atoms in total. The molecule has 126 valence electrons. The molecule has 0 aliphatic heterocycles. The van der Waals surface area contributed by atoms with Gasteiger partial charge in [0.2, 0.25) is 0 Å². The van der Waals surface area contributed by atoms with E-state index >= 15 is 0 Å². The SMILES string of the molecule is CC(=O)c1sc(NC(=O)c2cc(Br)ccc2Cl)nc1-c1ccccc1. The molecule has 7 heteroatoms. The minimum Gasteiger partial charge on any atom is -0.298 e. The highest BCUT2D eigenvalue weighted by Crippen LogP contribution is 2.32. The van der Waals surface area contributed by atoms with Crippen molar-refractivity contribution in [3.05, 3.63) is 68.5 Å². The van der Waals surface area contributed by atoms with Gasteiger partial charge in [-0.25, -0.2) is 4.98 Å². The van der Waals surface area contributed by atoms with E-state index in [2.05, 4.69) is 26.2 Å². The third kappa shape index (κ3) is 3.98. The minimum atomic E-state index is -0.380. The smallest absolute Gasteiger partial charge is 0.258 e. The average molecular weight is 436 g/mol. The van der Waals surface area contributed by atoms with Gasteiger partial charge in [0, 0.05) is 17.0 Å². The van der Waals surface area contributed by atoms with E-state index < -0.39 is 0 Å². The highest BCUT2D eigenvalue weighted by atomic mass is 79.9. The second kappa shape index (κ2) is 7.47. The maximum atomic E-state index is 12.5. The van der Waals surface area contributed by atoms with Crippen molar-refractivity contribution < 1.29 is 9.59 Å². The Morgan fingerprint density at radius 3 is 2.56 bits per heavy atom. The Bertz CT molecular complexity index is 957. The van der Waals surface area contributed by atoms with E-state index in [1.54, 1.807) is 18.2 Å². The van der Waals surface area contributed by atoms with Gasteiger partial charge in [0.05, 0.1) is 21.2 Å². The summed E-state index contributed by atoms with van der Waals surface area (Å²) in [6.07, 6.45) is 0. The lowest BCUT2D eigenvalue weighted by molar-refractivity contribution is 0.101. The van der Waals surface area contributed by atoms with Crippen LogP contribution in [0.15, 0.2) is 53.0 Å². The van der Waals surface area contributed by atoms with Crippen LogP contribution in [0.5, 0.6) is 0 Å². The molecule has 0 aliphatic carbocycles. The first-order valence-electron chi connectivity index (χ1n) is 7.29. The molecule has 0 atom stereocenters. The van der Waals surface area contributed by atoms with Crippen LogP contribution in [0.4, 0.5) is 5.13 Å². The van der Waals surface area contributed by atoms with Crippen molar-refractivity contribution in [2.75, 3.05) is 5.32 Å². The van der Waals surface area contributed by atoms with E-state index in [-0.39, 0.29) is 11.7 Å². The Morgan fingerprint density at radius 1 is 1.16 bits per heavy atom. The summed E-state index contributed by atoms with van der Waals surface area (Å²) in [4.78, 5) is 29.3. The highest BCUT2D eigenvalue weighted by Gasteiger charge is 2.19. The number of rotatable bonds is 4. The number of amides is 1. The summed E-state index contributed by atoms with van der Waals surface area (Å²) in [5.74, 6) is -0.480. The first-order valence-corrected chi connectivity index (χ1v) is 9.28. The number of anilines is 1. The summed E-state index contributed by atoms with van der Waals surface area (Å²) in [5.41, 5.74) is 1.72. The van der Waals surface area contributed by atoms with Crippen molar-refractivity contribution in [3.8, 4) is 11.3 Å². The molecule has 0 saturated carbocycles. The number of carbonyl (C=O) groups is 2. The average Bonchev–Trinajstić information content (AvgIpc) is 3.02. The summed E-state index contributed by atoms with van der Waals surface area (Å²) < 4.78 is 0.746. The third-order valence-corrected chi connectivity index (χ3v) is 5.28. The van der Waals surface area contributed by atoms with Crippen LogP contribution in [0.1, 0.15) is 27.0 Å². The molecule has 0 aliphatic rings. The molecule has 0 unspecified atom stereocenters. The molecule has 0 fully saturated rings. The molecule has 0 bridgehead atoms. The topological polar surface area (TPSA) is 59.1 Å². The van der Waals surface area contributed by atoms with E-state index in [1.165, 1.54) is 6.92 Å². The van der Waals surface area contributed by atoms with Crippen LogP contribution < -0.4 is 5.32 Å². The molecule has 2 aromatic carbocycles. The zero-order valence-electron chi connectivity index (χ0n) is 13.0. The third-order valence-electron chi connectivity index (χ3n) is 3.39. The van der Waals surface area contributed by atoms with E-state index in [1.807, 2.05) is 30.3 Å². The number of Topliss-reactive ketones (excluding diaryl/α,β-unsaturated/α-hetero) is 1. The van der Waals surface area contributed by atoms with Crippen LogP contribution in [-0.2, 0) is 0 Å². The van der Waals surface area contributed by atoms with Gasteiger partial charge >= 0.3 is 0 Å². The van der Waals surface area contributed by atoms with Gasteiger partial charge in [0.15, 0.2) is 10.9 Å². The van der Waals surface area contributed by atoms with Crippen molar-refractivity contribution in [1.29, 1.82) is 0 Å². The molecule has 1 N–H and O–H groups in total. The molecule has 0 saturated heterocycles. The van der Waals surface area contributed by atoms with Crippen molar-refractivity contribution in [2.24, 2.45) is 0 Å². The maximum absolute atomic E-state index is 12.5. The molecule has 25 heavy (non-hydrogen) atoms. The van der Waals surface area contributed by atoms with Crippen LogP contribution >= 0.6 is 38.9 Å². The van der Waals surface area contributed by atoms with Crippen molar-refractivity contribution in [2.45, 2.75) is 6.92 Å². The van der Waals surface area contributed by atoms with E-state index in [4.69, 9.17) is 11.6 Å². The van der Waals surface area contributed by atoms with Crippen LogP contribution in [-0.4, -0.2) is 16.7 Å². The molecule has 0 spiro atoms. The van der Waals surface area contributed by atoms with Gasteiger partial charge in [-0.3, -0.25) is 14.9 Å². The van der Waals surface area contributed by atoms with E-state index in [0.29, 0.717) is 26.3 Å². The van der Waals surface area contributed by atoms with Crippen LogP contribution in [0, 0.1) is 0 Å². The number of ketones is 1. The lowest BCUT2D eigenvalue weighted by atomic mass is 10.1. The Morgan fingerprint density at radius 2 is 1.88 bits per heavy atom. The lowest BCUT2D eigenvalue weighted by Gasteiger charge is -2.04. The second-order valence-corrected chi connectivity index (χ2v) is 7.52. The number of halogens is 2. The Balaban J connectivity index is 1.95. The number of carbonyl (C=O) groups excluding carboxylic acids is 2. The molecule has 3 rings (SSSR count). The van der Waals surface area contributed by atoms with Gasteiger partial charge in [0.25, 0.3) is 5.91 Å². The highest BCUT2D eigenvalue weighted by molar-refractivity contribution is 9.10. The first-order chi connectivity index (χ1) is 12.0. The van der Waals surface area contributed by atoms with E-state index in [0.717, 1.165) is 21.4 Å². The van der Waals surface area contributed by atoms with Gasteiger partial charge in [-0.1, -0.05) is 69.2 Å². The number of nitrogens with zero attached hydrogens (tertiary/aromatic N) is 1. The predicted molar refractivity (Wildman–Crippen MR) is 105 cm³/mol. The summed E-state index contributed by atoms with van der Waals surface area (Å²) in [6.45, 7) is 1.48. The monoisotopic (exact) mass is 434 g/mol. The van der Waals surface area contributed by atoms with Gasteiger partial charge in [-0.05, 0) is 18.2 Å². The fourth-order valence-electron chi connectivity index (χ4n) is 2.24. The van der Waals surface area contributed by atoms with Crippen LogP contribution in [0.25, 0.3) is 11.3 Å². The minimum absolute atomic E-state index is 0.0997. The fourth-order valence-corrected chi connectivity index (χ4v) is 3.68. The molecule has 0 radical (unpaired) electrons. The van der Waals surface area contributed by atoms with E-state index in [9.17, 15) is 9.59 Å². The quantitative estimate of drug-likeness (QED) is 0.536. The van der Waals surface area contributed by atoms with Crippen molar-refractivity contribution >= 4 is 55.7 Å². The van der Waals surface area contributed by atoms with Crippen molar-refractivity contribution in [1.82, 2.24) is 4.98 Å². The molecular weight excluding hydrogens is 424 g/mol. The molecule has 1 aromatic heterocycles. The molecule has 1 heterocycles. The number of thiazole rings is 1. The summed E-state index contributed by atoms with van der Waals surface area (Å²) in [7, 11) is 0. The van der Waals surface area contributed by atoms with Gasteiger partial charge < -0.3 is 0 Å². The Hall–Kier alpha value is -2.02. The molecular formula is C18H12BrClN2O2S. The van der Waals surface area contributed by atoms with Gasteiger partial charge in [-0.15, -0.1) is 0 Å². The molecule has 3 aromatic rings. The zero-order chi connectivity index (χ0) is 18.0. The van der Waals surface area contributed by atoms with Crippen molar-refractivity contribution in [3.63, 3.8) is 0 Å². The Labute approximate surface area is 162 Å². The normalized spacial score (nSPS) is 10.5. The van der Waals surface area contributed by atoms with Gasteiger partial charge in [0.1, 0.15) is 0 Å². The van der Waals surface area contributed by atoms with Gasteiger partial charge in [-0.2, -0.15) is 0 Å². The number of hydrogen-bond acceptors (Lipinski definition) is 4. The number of aromatic nitrogens is 1. The summed E-state index contributed by atoms with van der Waals surface area (Å²) in [5, 5.41) is 3.41. The second-order valence-electron chi connectivity index (χ2n) is 5.20. The number of nitrogens with one attached hydrogen (secondary N) is 1. The maximum Gasteiger partial charge on any atom is 0.258 e. The summed E-state index contributed by atoms with van der Waals surface area (Å²) >= 11 is 10.6. The summed E-state index contributed by atoms with van der Waals surface area (Å²) in [6, 6.07) is 14.4. The predicted octanol–water partition coefficient (Wildman–Crippen LogP) is 5.68. The zero-order valence-corrected chi connectivity index (χ0v) is 16.2. The molecule has 1 amide bonds.